The van der Waals surface area contributed by atoms with E-state index in [1.54, 1.807) is 0 Å². The van der Waals surface area contributed by atoms with Gasteiger partial charge in [0.25, 0.3) is 0 Å². The lowest BCUT2D eigenvalue weighted by molar-refractivity contribution is 0.394. The summed E-state index contributed by atoms with van der Waals surface area (Å²) in [5.74, 6) is 0.847. The summed E-state index contributed by atoms with van der Waals surface area (Å²) in [6.07, 6.45) is 10.9. The van der Waals surface area contributed by atoms with Gasteiger partial charge in [-0.25, -0.2) is 0 Å². The molecule has 1 heteroatoms. The van der Waals surface area contributed by atoms with Crippen LogP contribution in [0, 0.1) is 5.92 Å². The molecule has 1 nitrogen and oxygen atoms in total. The smallest absolute Gasteiger partial charge is 0.0105 e. The van der Waals surface area contributed by atoms with E-state index in [1.165, 1.54) is 37.8 Å². The van der Waals surface area contributed by atoms with E-state index in [0.29, 0.717) is 6.04 Å². The molecule has 0 spiro atoms. The maximum absolute atomic E-state index is 3.75. The molecule has 2 rings (SSSR count). The highest BCUT2D eigenvalue weighted by molar-refractivity contribution is 5.15. The first-order chi connectivity index (χ1) is 8.88. The van der Waals surface area contributed by atoms with E-state index in [2.05, 4.69) is 54.7 Å². The lowest BCUT2D eigenvalue weighted by atomic mass is 9.93. The van der Waals surface area contributed by atoms with Crippen molar-refractivity contribution in [3.63, 3.8) is 0 Å². The van der Waals surface area contributed by atoms with Crippen LogP contribution in [0.2, 0.25) is 0 Å². The highest BCUT2D eigenvalue weighted by Crippen LogP contribution is 2.17. The molecule has 1 aromatic rings. The van der Waals surface area contributed by atoms with Crippen LogP contribution in [0.3, 0.4) is 0 Å². The van der Waals surface area contributed by atoms with Gasteiger partial charge >= 0.3 is 0 Å². The molecule has 18 heavy (non-hydrogen) atoms. The molecule has 0 fully saturated rings. The first kappa shape index (κ1) is 13.4. The van der Waals surface area contributed by atoms with Gasteiger partial charge in [0.15, 0.2) is 0 Å². The molecular formula is C17H25N. The fraction of sp³-hybridized carbons (Fsp3) is 0.529. The monoisotopic (exact) mass is 243 g/mol. The van der Waals surface area contributed by atoms with Crippen molar-refractivity contribution in [2.45, 2.75) is 45.1 Å². The molecule has 0 saturated carbocycles. The van der Waals surface area contributed by atoms with E-state index in [-0.39, 0.29) is 0 Å². The highest BCUT2D eigenvalue weighted by Gasteiger charge is 2.12. The molecule has 0 bridgehead atoms. The Balaban J connectivity index is 1.77. The number of hydrogen-bond donors (Lipinski definition) is 1. The van der Waals surface area contributed by atoms with Gasteiger partial charge in [0, 0.05) is 6.04 Å². The molecular weight excluding hydrogens is 218 g/mol. The summed E-state index contributed by atoms with van der Waals surface area (Å²) in [4.78, 5) is 0. The third-order valence-electron chi connectivity index (χ3n) is 3.89. The summed E-state index contributed by atoms with van der Waals surface area (Å²) in [5, 5.41) is 3.75. The zero-order chi connectivity index (χ0) is 12.6. The Morgan fingerprint density at radius 3 is 2.72 bits per heavy atom. The second kappa shape index (κ2) is 7.38. The molecule has 0 saturated heterocycles. The Bertz CT molecular complexity index is 355. The molecule has 98 valence electrons. The summed E-state index contributed by atoms with van der Waals surface area (Å²) < 4.78 is 0. The minimum atomic E-state index is 0.623. The van der Waals surface area contributed by atoms with Gasteiger partial charge in [0.2, 0.25) is 0 Å². The zero-order valence-electron chi connectivity index (χ0n) is 11.4. The van der Waals surface area contributed by atoms with Gasteiger partial charge in [-0.1, -0.05) is 49.4 Å². The normalized spacial score (nSPS) is 20.8. The van der Waals surface area contributed by atoms with Crippen LogP contribution in [0.5, 0.6) is 0 Å². The van der Waals surface area contributed by atoms with Crippen LogP contribution in [-0.2, 0) is 6.42 Å². The maximum atomic E-state index is 3.75. The third kappa shape index (κ3) is 4.30. The summed E-state index contributed by atoms with van der Waals surface area (Å²) in [6, 6.07) is 11.4. The van der Waals surface area contributed by atoms with Gasteiger partial charge in [-0.05, 0) is 50.1 Å². The van der Waals surface area contributed by atoms with E-state index < -0.39 is 0 Å². The Hall–Kier alpha value is -1.08. The van der Waals surface area contributed by atoms with Crippen molar-refractivity contribution in [3.8, 4) is 0 Å². The Labute approximate surface area is 111 Å². The van der Waals surface area contributed by atoms with Crippen LogP contribution in [0.1, 0.15) is 38.2 Å². The first-order valence-electron chi connectivity index (χ1n) is 7.30. The molecule has 0 radical (unpaired) electrons. The number of rotatable bonds is 6. The standard InChI is InChI=1S/C17H25N/c1-2-17(13-15-9-5-3-6-10-15)18-14-16-11-7-4-8-12-16/h3-7,9-10,16-18H,2,8,11-14H2,1H3. The third-order valence-corrected chi connectivity index (χ3v) is 3.89. The average Bonchev–Trinajstić information content (AvgIpc) is 2.45. The number of allylic oxidation sites excluding steroid dienone is 2. The van der Waals surface area contributed by atoms with Crippen LogP contribution in [-0.4, -0.2) is 12.6 Å². The fourth-order valence-corrected chi connectivity index (χ4v) is 2.63. The van der Waals surface area contributed by atoms with Crippen molar-refractivity contribution in [2.75, 3.05) is 6.54 Å². The largest absolute Gasteiger partial charge is 0.313 e. The molecule has 0 aliphatic heterocycles. The van der Waals surface area contributed by atoms with Gasteiger partial charge in [-0.2, -0.15) is 0 Å². The average molecular weight is 243 g/mol. The summed E-state index contributed by atoms with van der Waals surface area (Å²) in [6.45, 7) is 3.46. The Morgan fingerprint density at radius 2 is 2.06 bits per heavy atom. The first-order valence-corrected chi connectivity index (χ1v) is 7.30. The minimum Gasteiger partial charge on any atom is -0.313 e. The lowest BCUT2D eigenvalue weighted by Gasteiger charge is -2.23. The van der Waals surface area contributed by atoms with Crippen LogP contribution in [0.4, 0.5) is 0 Å². The van der Waals surface area contributed by atoms with Crippen molar-refractivity contribution in [1.82, 2.24) is 5.32 Å². The van der Waals surface area contributed by atoms with Crippen LogP contribution in [0.15, 0.2) is 42.5 Å². The van der Waals surface area contributed by atoms with Gasteiger partial charge < -0.3 is 5.32 Å². The maximum Gasteiger partial charge on any atom is 0.0105 e. The molecule has 2 unspecified atom stereocenters. The Kier molecular flexibility index (Phi) is 5.47. The second-order valence-corrected chi connectivity index (χ2v) is 5.35. The summed E-state index contributed by atoms with van der Waals surface area (Å²) in [7, 11) is 0. The number of nitrogens with one attached hydrogen (secondary N) is 1. The fourth-order valence-electron chi connectivity index (χ4n) is 2.63. The molecule has 1 N–H and O–H groups in total. The topological polar surface area (TPSA) is 12.0 Å². The van der Waals surface area contributed by atoms with Crippen LogP contribution in [0.25, 0.3) is 0 Å². The van der Waals surface area contributed by atoms with Gasteiger partial charge in [0.1, 0.15) is 0 Å². The SMILES string of the molecule is CCC(Cc1ccccc1)NCC1CC=CCC1. The van der Waals surface area contributed by atoms with E-state index in [4.69, 9.17) is 0 Å². The minimum absolute atomic E-state index is 0.623. The van der Waals surface area contributed by atoms with Crippen molar-refractivity contribution in [1.29, 1.82) is 0 Å². The number of hydrogen-bond acceptors (Lipinski definition) is 1. The van der Waals surface area contributed by atoms with Crippen molar-refractivity contribution >= 4 is 0 Å². The molecule has 1 aliphatic carbocycles. The van der Waals surface area contributed by atoms with Crippen LogP contribution < -0.4 is 5.32 Å². The highest BCUT2D eigenvalue weighted by atomic mass is 14.9. The second-order valence-electron chi connectivity index (χ2n) is 5.35. The lowest BCUT2D eigenvalue weighted by Crippen LogP contribution is -2.34. The van der Waals surface area contributed by atoms with Gasteiger partial charge in [-0.15, -0.1) is 0 Å². The van der Waals surface area contributed by atoms with Crippen LogP contribution >= 0.6 is 0 Å². The molecule has 1 aromatic carbocycles. The molecule has 0 heterocycles. The zero-order valence-corrected chi connectivity index (χ0v) is 11.4. The van der Waals surface area contributed by atoms with E-state index in [1.807, 2.05) is 0 Å². The van der Waals surface area contributed by atoms with E-state index >= 15 is 0 Å². The van der Waals surface area contributed by atoms with Crippen molar-refractivity contribution in [3.05, 3.63) is 48.0 Å². The molecule has 2 atom stereocenters. The van der Waals surface area contributed by atoms with Gasteiger partial charge in [0.05, 0.1) is 0 Å². The Morgan fingerprint density at radius 1 is 1.22 bits per heavy atom. The van der Waals surface area contributed by atoms with E-state index in [9.17, 15) is 0 Å². The molecule has 0 aromatic heterocycles. The van der Waals surface area contributed by atoms with Crippen molar-refractivity contribution in [2.24, 2.45) is 5.92 Å². The molecule has 1 aliphatic rings. The predicted octanol–water partition coefficient (Wildman–Crippen LogP) is 3.95. The van der Waals surface area contributed by atoms with Crippen molar-refractivity contribution < 1.29 is 0 Å². The summed E-state index contributed by atoms with van der Waals surface area (Å²) in [5.41, 5.74) is 1.44. The molecule has 0 amide bonds. The number of benzene rings is 1. The van der Waals surface area contributed by atoms with Gasteiger partial charge in [-0.3, -0.25) is 0 Å². The van der Waals surface area contributed by atoms with E-state index in [0.717, 1.165) is 12.3 Å². The quantitative estimate of drug-likeness (QED) is 0.746. The predicted molar refractivity (Wildman–Crippen MR) is 78.7 cm³/mol. The summed E-state index contributed by atoms with van der Waals surface area (Å²) >= 11 is 0.